The third-order valence-corrected chi connectivity index (χ3v) is 5.81. The summed E-state index contributed by atoms with van der Waals surface area (Å²) in [5.74, 6) is -0.236. The number of aryl methyl sites for hydroxylation is 1. The Kier molecular flexibility index (Phi) is 4.62. The van der Waals surface area contributed by atoms with Crippen LogP contribution in [0.1, 0.15) is 12.0 Å². The molecule has 4 aromatic rings. The molecule has 0 bridgehead atoms. The van der Waals surface area contributed by atoms with Gasteiger partial charge in [0.1, 0.15) is 5.82 Å². The first-order valence-corrected chi connectivity index (χ1v) is 10.3. The molecule has 1 aliphatic rings. The van der Waals surface area contributed by atoms with Crippen molar-refractivity contribution in [2.75, 3.05) is 30.4 Å². The highest BCUT2D eigenvalue weighted by Crippen LogP contribution is 2.40. The largest absolute Gasteiger partial charge is 0.378 e. The van der Waals surface area contributed by atoms with E-state index in [4.69, 9.17) is 4.98 Å². The monoisotopic (exact) mass is 397 g/mol. The van der Waals surface area contributed by atoms with Crippen LogP contribution in [0.5, 0.6) is 0 Å². The molecule has 0 fully saturated rings. The van der Waals surface area contributed by atoms with Crippen molar-refractivity contribution in [2.24, 2.45) is 0 Å². The van der Waals surface area contributed by atoms with Crippen molar-refractivity contribution < 1.29 is 4.39 Å². The van der Waals surface area contributed by atoms with E-state index in [1.807, 2.05) is 30.3 Å². The van der Waals surface area contributed by atoms with E-state index in [0.29, 0.717) is 0 Å². The van der Waals surface area contributed by atoms with Gasteiger partial charge in [0.15, 0.2) is 0 Å². The molecule has 0 saturated carbocycles. The van der Waals surface area contributed by atoms with Crippen LogP contribution < -0.4 is 9.80 Å². The molecular formula is C26H24FN3. The first kappa shape index (κ1) is 18.6. The van der Waals surface area contributed by atoms with Crippen LogP contribution in [0.2, 0.25) is 0 Å². The number of aromatic nitrogens is 1. The molecule has 0 aliphatic carbocycles. The van der Waals surface area contributed by atoms with Crippen LogP contribution in [0.3, 0.4) is 0 Å². The molecule has 4 heteroatoms. The van der Waals surface area contributed by atoms with Crippen molar-refractivity contribution in [2.45, 2.75) is 12.8 Å². The van der Waals surface area contributed by atoms with Gasteiger partial charge in [-0.15, -0.1) is 0 Å². The maximum Gasteiger partial charge on any atom is 0.123 e. The summed E-state index contributed by atoms with van der Waals surface area (Å²) in [6.45, 7) is 0.933. The van der Waals surface area contributed by atoms with Crippen LogP contribution in [0.15, 0.2) is 72.8 Å². The molecule has 0 radical (unpaired) electrons. The molecule has 0 amide bonds. The van der Waals surface area contributed by atoms with E-state index >= 15 is 0 Å². The molecule has 0 spiro atoms. The second-order valence-electron chi connectivity index (χ2n) is 8.02. The van der Waals surface area contributed by atoms with Crippen molar-refractivity contribution >= 4 is 28.0 Å². The third-order valence-electron chi connectivity index (χ3n) is 5.81. The van der Waals surface area contributed by atoms with Crippen LogP contribution in [0.25, 0.3) is 22.2 Å². The van der Waals surface area contributed by atoms with Gasteiger partial charge in [0, 0.05) is 43.0 Å². The van der Waals surface area contributed by atoms with Crippen molar-refractivity contribution in [1.29, 1.82) is 0 Å². The van der Waals surface area contributed by atoms with Crippen LogP contribution >= 0.6 is 0 Å². The Bertz CT molecular complexity index is 1210. The quantitative estimate of drug-likeness (QED) is 0.411. The van der Waals surface area contributed by atoms with Gasteiger partial charge in [-0.3, -0.25) is 0 Å². The second kappa shape index (κ2) is 7.45. The molecule has 1 aliphatic heterocycles. The lowest BCUT2D eigenvalue weighted by Gasteiger charge is -2.33. The third kappa shape index (κ3) is 3.28. The Labute approximate surface area is 176 Å². The standard InChI is InChI=1S/C26H24FN3/c1-29(2)22-13-14-24-20(16-22)7-5-15-30(24)25-17-19-6-3-4-8-23(19)28-26(25)18-9-11-21(27)12-10-18/h3-4,6,8-14,16-17H,5,7,15H2,1-2H3. The van der Waals surface area contributed by atoms with Crippen LogP contribution in [-0.2, 0) is 6.42 Å². The minimum atomic E-state index is -0.236. The van der Waals surface area contributed by atoms with Gasteiger partial charge in [0.05, 0.1) is 16.9 Å². The van der Waals surface area contributed by atoms with E-state index in [1.165, 1.54) is 29.1 Å². The minimum absolute atomic E-state index is 0.236. The Morgan fingerprint density at radius 2 is 1.70 bits per heavy atom. The highest BCUT2D eigenvalue weighted by atomic mass is 19.1. The van der Waals surface area contributed by atoms with E-state index < -0.39 is 0 Å². The Morgan fingerprint density at radius 3 is 2.50 bits per heavy atom. The number of rotatable bonds is 3. The maximum atomic E-state index is 13.6. The maximum absolute atomic E-state index is 13.6. The Morgan fingerprint density at radius 1 is 0.900 bits per heavy atom. The normalized spacial score (nSPS) is 13.4. The van der Waals surface area contributed by atoms with Gasteiger partial charge in [-0.1, -0.05) is 18.2 Å². The zero-order valence-electron chi connectivity index (χ0n) is 17.3. The average molecular weight is 397 g/mol. The summed E-state index contributed by atoms with van der Waals surface area (Å²) in [6.07, 6.45) is 2.15. The first-order valence-electron chi connectivity index (χ1n) is 10.3. The fourth-order valence-electron chi connectivity index (χ4n) is 4.24. The van der Waals surface area contributed by atoms with Crippen LogP contribution in [-0.4, -0.2) is 25.6 Å². The lowest BCUT2D eigenvalue weighted by atomic mass is 9.98. The zero-order valence-corrected chi connectivity index (χ0v) is 17.3. The molecule has 1 aromatic heterocycles. The number of anilines is 3. The lowest BCUT2D eigenvalue weighted by Crippen LogP contribution is -2.25. The van der Waals surface area contributed by atoms with Gasteiger partial charge in [-0.2, -0.15) is 0 Å². The minimum Gasteiger partial charge on any atom is -0.378 e. The summed E-state index contributed by atoms with van der Waals surface area (Å²) in [6, 6.07) is 23.7. The molecule has 0 N–H and O–H groups in total. The van der Waals surface area contributed by atoms with Gasteiger partial charge in [0.2, 0.25) is 0 Å². The molecule has 0 unspecified atom stereocenters. The Balaban J connectivity index is 1.71. The highest BCUT2D eigenvalue weighted by Gasteiger charge is 2.23. The number of hydrogen-bond donors (Lipinski definition) is 0. The van der Waals surface area contributed by atoms with Gasteiger partial charge in [-0.05, 0) is 73.0 Å². The topological polar surface area (TPSA) is 19.4 Å². The summed E-state index contributed by atoms with van der Waals surface area (Å²) < 4.78 is 13.6. The summed E-state index contributed by atoms with van der Waals surface area (Å²) in [7, 11) is 4.14. The average Bonchev–Trinajstić information content (AvgIpc) is 2.78. The van der Waals surface area contributed by atoms with Gasteiger partial charge < -0.3 is 9.80 Å². The van der Waals surface area contributed by atoms with E-state index in [-0.39, 0.29) is 5.82 Å². The number of halogens is 1. The molecule has 3 aromatic carbocycles. The fraction of sp³-hybridized carbons (Fsp3) is 0.192. The number of pyridine rings is 1. The first-order chi connectivity index (χ1) is 14.6. The number of fused-ring (bicyclic) bond motifs is 2. The Hall–Kier alpha value is -3.40. The molecule has 0 saturated heterocycles. The van der Waals surface area contributed by atoms with E-state index in [0.717, 1.165) is 47.2 Å². The predicted molar refractivity (Wildman–Crippen MR) is 123 cm³/mol. The number of hydrogen-bond acceptors (Lipinski definition) is 3. The van der Waals surface area contributed by atoms with E-state index in [2.05, 4.69) is 54.2 Å². The molecule has 0 atom stereocenters. The zero-order chi connectivity index (χ0) is 20.7. The molecule has 3 nitrogen and oxygen atoms in total. The highest BCUT2D eigenvalue weighted by molar-refractivity contribution is 5.91. The van der Waals surface area contributed by atoms with Gasteiger partial charge in [-0.25, -0.2) is 9.37 Å². The van der Waals surface area contributed by atoms with E-state index in [1.54, 1.807) is 0 Å². The van der Waals surface area contributed by atoms with Crippen molar-refractivity contribution in [3.63, 3.8) is 0 Å². The molecule has 150 valence electrons. The SMILES string of the molecule is CN(C)c1ccc2c(c1)CCCN2c1cc2ccccc2nc1-c1ccc(F)cc1. The van der Waals surface area contributed by atoms with Crippen LogP contribution in [0.4, 0.5) is 21.5 Å². The van der Waals surface area contributed by atoms with Crippen molar-refractivity contribution in [3.8, 4) is 11.3 Å². The van der Waals surface area contributed by atoms with E-state index in [9.17, 15) is 4.39 Å². The summed E-state index contributed by atoms with van der Waals surface area (Å²) in [5.41, 5.74) is 7.62. The molecule has 2 heterocycles. The summed E-state index contributed by atoms with van der Waals surface area (Å²) >= 11 is 0. The molecule has 30 heavy (non-hydrogen) atoms. The van der Waals surface area contributed by atoms with Gasteiger partial charge >= 0.3 is 0 Å². The second-order valence-corrected chi connectivity index (χ2v) is 8.02. The number of nitrogens with zero attached hydrogens (tertiary/aromatic N) is 3. The summed E-state index contributed by atoms with van der Waals surface area (Å²) in [4.78, 5) is 9.51. The van der Waals surface area contributed by atoms with Gasteiger partial charge in [0.25, 0.3) is 0 Å². The molecule has 5 rings (SSSR count). The lowest BCUT2D eigenvalue weighted by molar-refractivity contribution is 0.628. The summed E-state index contributed by atoms with van der Waals surface area (Å²) in [5, 5.41) is 1.11. The molecular weight excluding hydrogens is 373 g/mol. The van der Waals surface area contributed by atoms with Crippen molar-refractivity contribution in [3.05, 3.63) is 84.2 Å². The van der Waals surface area contributed by atoms with Crippen LogP contribution in [0, 0.1) is 5.82 Å². The fourth-order valence-corrected chi connectivity index (χ4v) is 4.24. The number of para-hydroxylation sites is 1. The van der Waals surface area contributed by atoms with Crippen molar-refractivity contribution in [1.82, 2.24) is 4.98 Å². The smallest absolute Gasteiger partial charge is 0.123 e. The number of benzene rings is 3. The predicted octanol–water partition coefficient (Wildman–Crippen LogP) is 6.19.